The Kier molecular flexibility index (Phi) is 5.48. The monoisotopic (exact) mass is 417 g/mol. The molecule has 1 aliphatic rings. The minimum Gasteiger partial charge on any atom is -0.458 e. The van der Waals surface area contributed by atoms with Gasteiger partial charge in [-0.2, -0.15) is 0 Å². The molecule has 1 aliphatic heterocycles. The van der Waals surface area contributed by atoms with Crippen molar-refractivity contribution in [2.75, 3.05) is 12.3 Å². The summed E-state index contributed by atoms with van der Waals surface area (Å²) in [5, 5.41) is 1.06. The lowest BCUT2D eigenvalue weighted by Gasteiger charge is -2.22. The van der Waals surface area contributed by atoms with Gasteiger partial charge in [-0.25, -0.2) is 0 Å². The zero-order chi connectivity index (χ0) is 18.8. The van der Waals surface area contributed by atoms with Gasteiger partial charge in [0.1, 0.15) is 16.9 Å². The van der Waals surface area contributed by atoms with E-state index >= 15 is 0 Å². The Morgan fingerprint density at radius 3 is 2.70 bits per heavy atom. The largest absolute Gasteiger partial charge is 0.458 e. The molecule has 6 heteroatoms. The standard InChI is InChI=1S/C21H17Cl2NO2S/c22-15-6-7-17(23)16(12-15)18-8-9-19(26-18)21-24(20(25)13-27-21)11-10-14-4-2-1-3-5-14/h1-9,12,21H,10-11,13H2. The zero-order valence-electron chi connectivity index (χ0n) is 14.4. The lowest BCUT2D eigenvalue weighted by atomic mass is 10.1. The van der Waals surface area contributed by atoms with E-state index in [0.717, 1.165) is 17.7 Å². The summed E-state index contributed by atoms with van der Waals surface area (Å²) < 4.78 is 6.06. The second-order valence-electron chi connectivity index (χ2n) is 6.31. The van der Waals surface area contributed by atoms with Gasteiger partial charge in [0.05, 0.1) is 10.8 Å². The first-order valence-electron chi connectivity index (χ1n) is 8.62. The number of halogens is 2. The van der Waals surface area contributed by atoms with Gasteiger partial charge in [0.25, 0.3) is 0 Å². The SMILES string of the molecule is O=C1CSC(c2ccc(-c3cc(Cl)ccc3Cl)o2)N1CCc1ccccc1. The van der Waals surface area contributed by atoms with Crippen LogP contribution in [0.4, 0.5) is 0 Å². The number of carbonyl (C=O) groups excluding carboxylic acids is 1. The van der Waals surface area contributed by atoms with Crippen molar-refractivity contribution in [1.29, 1.82) is 0 Å². The van der Waals surface area contributed by atoms with E-state index in [1.54, 1.807) is 30.0 Å². The van der Waals surface area contributed by atoms with Crippen LogP contribution in [0.15, 0.2) is 65.1 Å². The average Bonchev–Trinajstić information content (AvgIpc) is 3.29. The van der Waals surface area contributed by atoms with E-state index in [2.05, 4.69) is 12.1 Å². The topological polar surface area (TPSA) is 33.5 Å². The van der Waals surface area contributed by atoms with E-state index in [-0.39, 0.29) is 11.3 Å². The summed E-state index contributed by atoms with van der Waals surface area (Å²) in [4.78, 5) is 14.3. The predicted octanol–water partition coefficient (Wildman–Crippen LogP) is 6.07. The molecule has 0 aliphatic carbocycles. The van der Waals surface area contributed by atoms with Gasteiger partial charge in [0.2, 0.25) is 5.91 Å². The molecule has 0 spiro atoms. The van der Waals surface area contributed by atoms with Gasteiger partial charge in [-0.15, -0.1) is 11.8 Å². The van der Waals surface area contributed by atoms with E-state index in [9.17, 15) is 4.79 Å². The van der Waals surface area contributed by atoms with Gasteiger partial charge < -0.3 is 9.32 Å². The Labute approximate surface area is 172 Å². The molecule has 27 heavy (non-hydrogen) atoms. The molecule has 1 unspecified atom stereocenters. The number of nitrogens with zero attached hydrogens (tertiary/aromatic N) is 1. The maximum absolute atomic E-state index is 12.4. The van der Waals surface area contributed by atoms with Crippen LogP contribution in [0.5, 0.6) is 0 Å². The van der Waals surface area contributed by atoms with Crippen molar-refractivity contribution < 1.29 is 9.21 Å². The van der Waals surface area contributed by atoms with Gasteiger partial charge in [0, 0.05) is 17.1 Å². The fourth-order valence-electron chi connectivity index (χ4n) is 3.14. The van der Waals surface area contributed by atoms with E-state index in [0.29, 0.717) is 28.1 Å². The number of thioether (sulfide) groups is 1. The lowest BCUT2D eigenvalue weighted by molar-refractivity contribution is -0.128. The maximum Gasteiger partial charge on any atom is 0.233 e. The van der Waals surface area contributed by atoms with Crippen molar-refractivity contribution in [2.45, 2.75) is 11.8 Å². The number of carbonyl (C=O) groups is 1. The third-order valence-corrected chi connectivity index (χ3v) is 6.30. The van der Waals surface area contributed by atoms with E-state index < -0.39 is 0 Å². The van der Waals surface area contributed by atoms with Crippen molar-refractivity contribution >= 4 is 40.9 Å². The number of rotatable bonds is 5. The van der Waals surface area contributed by atoms with Crippen LogP contribution < -0.4 is 0 Å². The normalized spacial score (nSPS) is 16.9. The van der Waals surface area contributed by atoms with Gasteiger partial charge in [-0.05, 0) is 42.3 Å². The van der Waals surface area contributed by atoms with Crippen molar-refractivity contribution in [3.63, 3.8) is 0 Å². The summed E-state index contributed by atoms with van der Waals surface area (Å²) in [6.07, 6.45) is 0.817. The van der Waals surface area contributed by atoms with Crippen LogP contribution in [0, 0.1) is 0 Å². The van der Waals surface area contributed by atoms with Gasteiger partial charge in [-0.1, -0.05) is 53.5 Å². The molecule has 1 fully saturated rings. The van der Waals surface area contributed by atoms with E-state index in [1.807, 2.05) is 35.2 Å². The molecule has 138 valence electrons. The maximum atomic E-state index is 12.4. The molecular formula is C21H17Cl2NO2S. The molecule has 0 N–H and O–H groups in total. The molecule has 1 amide bonds. The molecule has 1 saturated heterocycles. The van der Waals surface area contributed by atoms with Crippen LogP contribution in [0.1, 0.15) is 16.7 Å². The molecule has 4 rings (SSSR count). The van der Waals surface area contributed by atoms with Crippen LogP contribution >= 0.6 is 35.0 Å². The van der Waals surface area contributed by atoms with Gasteiger partial charge in [-0.3, -0.25) is 4.79 Å². The van der Waals surface area contributed by atoms with Crippen molar-refractivity contribution in [2.24, 2.45) is 0 Å². The third kappa shape index (κ3) is 4.03. The first kappa shape index (κ1) is 18.5. The highest BCUT2D eigenvalue weighted by Crippen LogP contribution is 2.41. The molecule has 1 atom stereocenters. The second-order valence-corrected chi connectivity index (χ2v) is 8.22. The number of hydrogen-bond acceptors (Lipinski definition) is 3. The molecule has 3 nitrogen and oxygen atoms in total. The van der Waals surface area contributed by atoms with Gasteiger partial charge >= 0.3 is 0 Å². The molecule has 1 aromatic heterocycles. The highest BCUT2D eigenvalue weighted by molar-refractivity contribution is 8.00. The Morgan fingerprint density at radius 2 is 1.89 bits per heavy atom. The van der Waals surface area contributed by atoms with Crippen molar-refractivity contribution in [3.8, 4) is 11.3 Å². The van der Waals surface area contributed by atoms with Crippen LogP contribution in [0.2, 0.25) is 10.0 Å². The molecule has 0 saturated carbocycles. The Hall–Kier alpha value is -1.88. The van der Waals surface area contributed by atoms with E-state index in [4.69, 9.17) is 27.6 Å². The molecule has 0 radical (unpaired) electrons. The Morgan fingerprint density at radius 1 is 1.07 bits per heavy atom. The number of amides is 1. The fraction of sp³-hybridized carbons (Fsp3) is 0.190. The van der Waals surface area contributed by atoms with Crippen LogP contribution in [-0.4, -0.2) is 23.1 Å². The summed E-state index contributed by atoms with van der Waals surface area (Å²) in [7, 11) is 0. The molecule has 2 aromatic carbocycles. The predicted molar refractivity (Wildman–Crippen MR) is 111 cm³/mol. The summed E-state index contributed by atoms with van der Waals surface area (Å²) in [5.41, 5.74) is 1.97. The number of hydrogen-bond donors (Lipinski definition) is 0. The number of furan rings is 1. The summed E-state index contributed by atoms with van der Waals surface area (Å²) in [5.74, 6) is 2.01. The zero-order valence-corrected chi connectivity index (χ0v) is 16.7. The molecule has 3 aromatic rings. The molecule has 0 bridgehead atoms. The Balaban J connectivity index is 1.54. The third-order valence-electron chi connectivity index (χ3n) is 4.52. The van der Waals surface area contributed by atoms with Crippen LogP contribution in [0.3, 0.4) is 0 Å². The van der Waals surface area contributed by atoms with Crippen molar-refractivity contribution in [3.05, 3.63) is 82.0 Å². The first-order chi connectivity index (χ1) is 13.1. The lowest BCUT2D eigenvalue weighted by Crippen LogP contribution is -2.30. The fourth-order valence-corrected chi connectivity index (χ4v) is 4.69. The second kappa shape index (κ2) is 8.01. The smallest absolute Gasteiger partial charge is 0.233 e. The average molecular weight is 418 g/mol. The quantitative estimate of drug-likeness (QED) is 0.504. The highest BCUT2D eigenvalue weighted by atomic mass is 35.5. The summed E-state index contributed by atoms with van der Waals surface area (Å²) in [6.45, 7) is 0.661. The molecular weight excluding hydrogens is 401 g/mol. The summed E-state index contributed by atoms with van der Waals surface area (Å²) in [6, 6.07) is 19.3. The number of benzene rings is 2. The first-order valence-corrected chi connectivity index (χ1v) is 10.4. The van der Waals surface area contributed by atoms with E-state index in [1.165, 1.54) is 5.56 Å². The van der Waals surface area contributed by atoms with Crippen LogP contribution in [0.25, 0.3) is 11.3 Å². The van der Waals surface area contributed by atoms with Gasteiger partial charge in [0.15, 0.2) is 0 Å². The minimum absolute atomic E-state index is 0.118. The van der Waals surface area contributed by atoms with Crippen LogP contribution in [-0.2, 0) is 11.2 Å². The van der Waals surface area contributed by atoms with Crippen molar-refractivity contribution in [1.82, 2.24) is 4.90 Å². The summed E-state index contributed by atoms with van der Waals surface area (Å²) >= 11 is 14.0. The Bertz CT molecular complexity index is 958. The molecule has 2 heterocycles. The highest BCUT2D eigenvalue weighted by Gasteiger charge is 2.34. The minimum atomic E-state index is -0.118.